The number of para-hydroxylation sites is 2. The third-order valence-corrected chi connectivity index (χ3v) is 7.28. The summed E-state index contributed by atoms with van der Waals surface area (Å²) >= 11 is 0. The van der Waals surface area contributed by atoms with E-state index in [1.54, 1.807) is 66.7 Å². The molecule has 10 heteroatoms. The Kier molecular flexibility index (Phi) is 8.63. The molecule has 0 aromatic heterocycles. The first-order chi connectivity index (χ1) is 20.3. The van der Waals surface area contributed by atoms with Crippen LogP contribution in [-0.2, 0) is 0 Å². The van der Waals surface area contributed by atoms with Gasteiger partial charge < -0.3 is 26.0 Å². The molecule has 8 nitrogen and oxygen atoms in total. The van der Waals surface area contributed by atoms with Crippen molar-refractivity contribution in [3.63, 3.8) is 0 Å². The molecule has 216 valence electrons. The molecule has 0 unspecified atom stereocenters. The summed E-state index contributed by atoms with van der Waals surface area (Å²) in [6.45, 7) is 2.45. The van der Waals surface area contributed by atoms with Crippen LogP contribution in [0.2, 0.25) is 0 Å². The molecule has 0 radical (unpaired) electrons. The van der Waals surface area contributed by atoms with Crippen LogP contribution in [-0.4, -0.2) is 50.1 Å². The Morgan fingerprint density at radius 1 is 0.786 bits per heavy atom. The lowest BCUT2D eigenvalue weighted by molar-refractivity contribution is 0.1000. The summed E-state index contributed by atoms with van der Waals surface area (Å²) in [6.07, 6.45) is 0. The zero-order valence-corrected chi connectivity index (χ0v) is 23.0. The molecule has 1 saturated heterocycles. The first kappa shape index (κ1) is 28.6. The molecule has 1 heterocycles. The number of nitrogens with two attached hydrogens (primary N) is 1. The minimum Gasteiger partial charge on any atom is -0.495 e. The zero-order chi connectivity index (χ0) is 29.6. The first-order valence-corrected chi connectivity index (χ1v) is 13.5. The van der Waals surface area contributed by atoms with Crippen LogP contribution in [0.4, 0.5) is 30.6 Å². The highest BCUT2D eigenvalue weighted by molar-refractivity contribution is 6.04. The van der Waals surface area contributed by atoms with Crippen molar-refractivity contribution in [2.24, 2.45) is 5.73 Å². The predicted molar refractivity (Wildman–Crippen MR) is 159 cm³/mol. The van der Waals surface area contributed by atoms with E-state index in [9.17, 15) is 18.4 Å². The van der Waals surface area contributed by atoms with Gasteiger partial charge in [-0.2, -0.15) is 0 Å². The molecule has 0 atom stereocenters. The monoisotopic (exact) mass is 571 g/mol. The Hall–Kier alpha value is -4.96. The average molecular weight is 572 g/mol. The van der Waals surface area contributed by atoms with Gasteiger partial charge in [-0.1, -0.05) is 36.4 Å². The van der Waals surface area contributed by atoms with Gasteiger partial charge in [-0.25, -0.2) is 13.6 Å². The van der Waals surface area contributed by atoms with Gasteiger partial charge in [0.2, 0.25) is 5.91 Å². The molecule has 0 bridgehead atoms. The summed E-state index contributed by atoms with van der Waals surface area (Å²) in [5, 5.41) is 5.64. The number of carbonyl (C=O) groups is 2. The number of halogens is 2. The number of urea groups is 1. The topological polar surface area (TPSA) is 99.9 Å². The Labute approximate surface area is 242 Å². The number of amides is 3. The molecule has 1 fully saturated rings. The molecule has 0 saturated carbocycles. The minimum atomic E-state index is -0.610. The van der Waals surface area contributed by atoms with Crippen LogP contribution in [0.5, 0.6) is 5.75 Å². The maximum atomic E-state index is 13.7. The molecular weight excluding hydrogens is 540 g/mol. The number of nitrogens with zero attached hydrogens (tertiary/aromatic N) is 2. The van der Waals surface area contributed by atoms with Crippen LogP contribution in [0, 0.1) is 11.6 Å². The summed E-state index contributed by atoms with van der Waals surface area (Å²) in [6, 6.07) is 24.0. The van der Waals surface area contributed by atoms with E-state index in [0.29, 0.717) is 43.3 Å². The van der Waals surface area contributed by atoms with Gasteiger partial charge in [0.05, 0.1) is 30.2 Å². The molecule has 5 rings (SSSR count). The molecule has 1 aliphatic rings. The van der Waals surface area contributed by atoms with E-state index in [1.165, 1.54) is 31.4 Å². The lowest BCUT2D eigenvalue weighted by atomic mass is 9.96. The Morgan fingerprint density at radius 2 is 1.36 bits per heavy atom. The highest BCUT2D eigenvalue weighted by Crippen LogP contribution is 2.33. The molecular formula is C32H31F2N5O3. The number of methoxy groups -OCH3 is 1. The Morgan fingerprint density at radius 3 is 1.93 bits per heavy atom. The zero-order valence-electron chi connectivity index (χ0n) is 23.0. The number of anilines is 3. The third kappa shape index (κ3) is 6.50. The van der Waals surface area contributed by atoms with Crippen molar-refractivity contribution in [2.75, 3.05) is 48.8 Å². The van der Waals surface area contributed by atoms with Gasteiger partial charge in [0, 0.05) is 31.7 Å². The number of carbonyl (C=O) groups excluding carboxylic acids is 2. The van der Waals surface area contributed by atoms with Gasteiger partial charge in [0.1, 0.15) is 17.4 Å². The van der Waals surface area contributed by atoms with Crippen LogP contribution in [0.25, 0.3) is 0 Å². The first-order valence-electron chi connectivity index (χ1n) is 13.5. The van der Waals surface area contributed by atoms with Crippen molar-refractivity contribution in [2.45, 2.75) is 6.04 Å². The van der Waals surface area contributed by atoms with Gasteiger partial charge in [-0.05, 0) is 65.7 Å². The fourth-order valence-electron chi connectivity index (χ4n) is 5.21. The molecule has 42 heavy (non-hydrogen) atoms. The normalized spacial score (nSPS) is 13.6. The Balaban J connectivity index is 1.36. The van der Waals surface area contributed by atoms with Gasteiger partial charge >= 0.3 is 6.03 Å². The average Bonchev–Trinajstić information content (AvgIpc) is 3.00. The second-order valence-corrected chi connectivity index (χ2v) is 9.90. The lowest BCUT2D eigenvalue weighted by Crippen LogP contribution is -2.48. The molecule has 4 N–H and O–H groups in total. The number of ether oxygens (including phenoxy) is 1. The van der Waals surface area contributed by atoms with Crippen LogP contribution >= 0.6 is 0 Å². The number of benzene rings is 4. The van der Waals surface area contributed by atoms with Crippen molar-refractivity contribution < 1.29 is 23.1 Å². The fourth-order valence-corrected chi connectivity index (χ4v) is 5.21. The summed E-state index contributed by atoms with van der Waals surface area (Å²) in [4.78, 5) is 29.3. The van der Waals surface area contributed by atoms with E-state index in [4.69, 9.17) is 10.5 Å². The van der Waals surface area contributed by atoms with E-state index < -0.39 is 11.9 Å². The van der Waals surface area contributed by atoms with E-state index in [2.05, 4.69) is 20.4 Å². The van der Waals surface area contributed by atoms with E-state index in [-0.39, 0.29) is 23.2 Å². The molecule has 1 aliphatic heterocycles. The Bertz CT molecular complexity index is 1510. The van der Waals surface area contributed by atoms with Crippen molar-refractivity contribution in [3.8, 4) is 5.75 Å². The number of nitrogens with one attached hydrogen (secondary N) is 2. The van der Waals surface area contributed by atoms with Crippen molar-refractivity contribution in [1.29, 1.82) is 0 Å². The molecule has 3 amide bonds. The number of primary amides is 1. The van der Waals surface area contributed by atoms with Crippen LogP contribution in [0.3, 0.4) is 0 Å². The van der Waals surface area contributed by atoms with Crippen molar-refractivity contribution in [3.05, 3.63) is 119 Å². The lowest BCUT2D eigenvalue weighted by Gasteiger charge is -2.41. The smallest absolute Gasteiger partial charge is 0.323 e. The van der Waals surface area contributed by atoms with Gasteiger partial charge in [0.25, 0.3) is 0 Å². The standard InChI is InChI=1S/C32H31F2N5O3/c1-42-29-5-3-2-4-26(29)36-32(41)37-27-20-23(31(35)40)10-15-28(27)38-16-18-39(19-17-38)30(21-6-11-24(33)12-7-21)22-8-13-25(34)14-9-22/h2-15,20,30H,16-19H2,1H3,(H2,35,40)(H2,36,37,41). The van der Waals surface area contributed by atoms with Gasteiger partial charge in [-0.15, -0.1) is 0 Å². The second-order valence-electron chi connectivity index (χ2n) is 9.90. The summed E-state index contributed by atoms with van der Waals surface area (Å²) in [5.41, 5.74) is 9.25. The van der Waals surface area contributed by atoms with Crippen molar-refractivity contribution in [1.82, 2.24) is 4.90 Å². The molecule has 4 aromatic rings. The van der Waals surface area contributed by atoms with E-state index >= 15 is 0 Å². The maximum Gasteiger partial charge on any atom is 0.323 e. The molecule has 4 aromatic carbocycles. The van der Waals surface area contributed by atoms with Crippen LogP contribution < -0.4 is 26.0 Å². The quantitative estimate of drug-likeness (QED) is 0.255. The second kappa shape index (κ2) is 12.7. The number of hydrogen-bond acceptors (Lipinski definition) is 5. The third-order valence-electron chi connectivity index (χ3n) is 7.28. The molecule has 0 aliphatic carbocycles. The minimum absolute atomic E-state index is 0.199. The number of rotatable bonds is 8. The van der Waals surface area contributed by atoms with Crippen molar-refractivity contribution >= 4 is 29.0 Å². The highest BCUT2D eigenvalue weighted by Gasteiger charge is 2.28. The SMILES string of the molecule is COc1ccccc1NC(=O)Nc1cc(C(N)=O)ccc1N1CCN(C(c2ccc(F)cc2)c2ccc(F)cc2)CC1. The number of hydrogen-bond donors (Lipinski definition) is 3. The van der Waals surface area contributed by atoms with Gasteiger partial charge in [-0.3, -0.25) is 9.69 Å². The largest absolute Gasteiger partial charge is 0.495 e. The van der Waals surface area contributed by atoms with Crippen LogP contribution in [0.15, 0.2) is 91.0 Å². The predicted octanol–water partition coefficient (Wildman–Crippen LogP) is 5.63. The maximum absolute atomic E-state index is 13.7. The van der Waals surface area contributed by atoms with Gasteiger partial charge in [0.15, 0.2) is 0 Å². The molecule has 0 spiro atoms. The fraction of sp³-hybridized carbons (Fsp3) is 0.188. The summed E-state index contributed by atoms with van der Waals surface area (Å²) in [7, 11) is 1.52. The summed E-state index contributed by atoms with van der Waals surface area (Å²) < 4.78 is 32.7. The van der Waals surface area contributed by atoms with E-state index in [0.717, 1.165) is 16.8 Å². The van der Waals surface area contributed by atoms with Crippen LogP contribution in [0.1, 0.15) is 27.5 Å². The number of piperazine rings is 1. The highest BCUT2D eigenvalue weighted by atomic mass is 19.1. The summed E-state index contributed by atoms with van der Waals surface area (Å²) in [5.74, 6) is -0.751. The van der Waals surface area contributed by atoms with E-state index in [1.807, 2.05) is 0 Å².